The van der Waals surface area contributed by atoms with Crippen LogP contribution < -0.4 is 10.2 Å². The summed E-state index contributed by atoms with van der Waals surface area (Å²) >= 11 is 0. The summed E-state index contributed by atoms with van der Waals surface area (Å²) in [5.41, 5.74) is 0.915. The van der Waals surface area contributed by atoms with Gasteiger partial charge in [0.25, 0.3) is 0 Å². The largest absolute Gasteiger partial charge is 0.337 e. The van der Waals surface area contributed by atoms with Crippen LogP contribution in [0.1, 0.15) is 19.8 Å². The summed E-state index contributed by atoms with van der Waals surface area (Å²) in [4.78, 5) is 15.9. The van der Waals surface area contributed by atoms with Gasteiger partial charge < -0.3 is 10.2 Å². The molecular formula is C19H20N8. The fourth-order valence-corrected chi connectivity index (χ4v) is 3.51. The lowest BCUT2D eigenvalue weighted by Crippen LogP contribution is -2.29. The van der Waals surface area contributed by atoms with Crippen LogP contribution in [0, 0.1) is 0 Å². The lowest BCUT2D eigenvalue weighted by Gasteiger charge is -2.22. The van der Waals surface area contributed by atoms with Gasteiger partial charge in [0, 0.05) is 25.0 Å². The molecule has 1 saturated heterocycles. The Morgan fingerprint density at radius 1 is 1.15 bits per heavy atom. The molecule has 0 radical (unpaired) electrons. The van der Waals surface area contributed by atoms with Crippen LogP contribution in [0.5, 0.6) is 0 Å². The monoisotopic (exact) mass is 360 g/mol. The summed E-state index contributed by atoms with van der Waals surface area (Å²) in [6, 6.07) is 10.2. The van der Waals surface area contributed by atoms with Crippen molar-refractivity contribution < 1.29 is 0 Å². The van der Waals surface area contributed by atoms with Crippen LogP contribution in [0.2, 0.25) is 0 Å². The minimum Gasteiger partial charge on any atom is -0.337 e. The highest BCUT2D eigenvalue weighted by molar-refractivity contribution is 5.73. The molecule has 0 saturated carbocycles. The third-order valence-electron chi connectivity index (χ3n) is 4.93. The van der Waals surface area contributed by atoms with Gasteiger partial charge in [-0.15, -0.1) is 5.10 Å². The van der Waals surface area contributed by atoms with E-state index in [0.29, 0.717) is 11.9 Å². The maximum absolute atomic E-state index is 4.80. The van der Waals surface area contributed by atoms with Crippen molar-refractivity contribution in [3.05, 3.63) is 55.2 Å². The molecule has 1 aliphatic heterocycles. The quantitative estimate of drug-likeness (QED) is 0.603. The zero-order valence-electron chi connectivity index (χ0n) is 15.0. The zero-order chi connectivity index (χ0) is 18.2. The summed E-state index contributed by atoms with van der Waals surface area (Å²) in [5, 5.41) is 8.02. The maximum Gasteiger partial charge on any atom is 0.245 e. The van der Waals surface area contributed by atoms with Crippen LogP contribution in [0.25, 0.3) is 11.3 Å². The average molecular weight is 360 g/mol. The molecule has 1 fully saturated rings. The van der Waals surface area contributed by atoms with E-state index in [2.05, 4.69) is 32.2 Å². The molecule has 0 aliphatic carbocycles. The number of aromatic nitrogens is 6. The highest BCUT2D eigenvalue weighted by atomic mass is 15.4. The van der Waals surface area contributed by atoms with Crippen LogP contribution in [0.4, 0.5) is 17.6 Å². The number of nitrogens with zero attached hydrogens (tertiary/aromatic N) is 7. The van der Waals surface area contributed by atoms with E-state index in [-0.39, 0.29) is 0 Å². The van der Waals surface area contributed by atoms with Crippen LogP contribution >= 0.6 is 0 Å². The Balaban J connectivity index is 1.50. The molecule has 8 nitrogen and oxygen atoms in total. The molecule has 0 amide bonds. The fraction of sp³-hybridized carbons (Fsp3) is 0.263. The molecule has 1 aliphatic rings. The van der Waals surface area contributed by atoms with E-state index >= 15 is 0 Å². The van der Waals surface area contributed by atoms with Gasteiger partial charge in [0.15, 0.2) is 5.82 Å². The molecule has 27 heavy (non-hydrogen) atoms. The molecule has 4 aromatic heterocycles. The van der Waals surface area contributed by atoms with E-state index in [9.17, 15) is 0 Å². The average Bonchev–Trinajstić information content (AvgIpc) is 3.43. The molecule has 5 heterocycles. The van der Waals surface area contributed by atoms with Crippen molar-refractivity contribution in [1.29, 1.82) is 0 Å². The Bertz CT molecular complexity index is 1070. The number of nitrogens with one attached hydrogen (secondary N) is 1. The highest BCUT2D eigenvalue weighted by Crippen LogP contribution is 2.26. The van der Waals surface area contributed by atoms with E-state index in [1.165, 1.54) is 12.8 Å². The summed E-state index contributed by atoms with van der Waals surface area (Å²) in [6.07, 6.45) is 9.70. The predicted molar refractivity (Wildman–Crippen MR) is 104 cm³/mol. The molecule has 5 rings (SSSR count). The molecule has 0 unspecified atom stereocenters. The van der Waals surface area contributed by atoms with Gasteiger partial charge in [0.2, 0.25) is 5.95 Å². The molecule has 136 valence electrons. The van der Waals surface area contributed by atoms with Gasteiger partial charge in [-0.2, -0.15) is 4.98 Å². The third-order valence-corrected chi connectivity index (χ3v) is 4.93. The van der Waals surface area contributed by atoms with Crippen LogP contribution in [0.3, 0.4) is 0 Å². The van der Waals surface area contributed by atoms with E-state index in [1.807, 2.05) is 51.8 Å². The number of hydrogen-bond donors (Lipinski definition) is 1. The number of anilines is 3. The standard InChI is InChI=1S/C19H20N8/c1-14-6-4-10-26(14)19-23-18(15-7-5-11-27(15)24-19)22-16-12-25(13-21-16)17-8-2-3-9-20-17/h2-3,5,7-9,11-14H,4,6,10H2,1H3,(H,22,23,24)/t14-/m1/s1. The number of rotatable bonds is 4. The zero-order valence-corrected chi connectivity index (χ0v) is 15.0. The topological polar surface area (TPSA) is 76.2 Å². The molecule has 0 bridgehead atoms. The van der Waals surface area contributed by atoms with Crippen molar-refractivity contribution in [2.24, 2.45) is 0 Å². The van der Waals surface area contributed by atoms with Crippen molar-refractivity contribution in [3.63, 3.8) is 0 Å². The van der Waals surface area contributed by atoms with Gasteiger partial charge in [-0.3, -0.25) is 4.57 Å². The lowest BCUT2D eigenvalue weighted by molar-refractivity contribution is 0.704. The van der Waals surface area contributed by atoms with Gasteiger partial charge in [-0.05, 0) is 44.0 Å². The van der Waals surface area contributed by atoms with Crippen molar-refractivity contribution >= 4 is 23.1 Å². The van der Waals surface area contributed by atoms with E-state index in [0.717, 1.165) is 29.6 Å². The molecule has 0 spiro atoms. The second kappa shape index (κ2) is 6.39. The fourth-order valence-electron chi connectivity index (χ4n) is 3.51. The number of fused-ring (bicyclic) bond motifs is 1. The normalized spacial score (nSPS) is 16.9. The van der Waals surface area contributed by atoms with Crippen molar-refractivity contribution in [2.45, 2.75) is 25.8 Å². The van der Waals surface area contributed by atoms with Crippen molar-refractivity contribution in [2.75, 3.05) is 16.8 Å². The number of hydrogen-bond acceptors (Lipinski definition) is 6. The van der Waals surface area contributed by atoms with Gasteiger partial charge >= 0.3 is 0 Å². The third kappa shape index (κ3) is 2.88. The highest BCUT2D eigenvalue weighted by Gasteiger charge is 2.24. The Morgan fingerprint density at radius 3 is 2.93 bits per heavy atom. The first kappa shape index (κ1) is 15.8. The van der Waals surface area contributed by atoms with Gasteiger partial charge in [-0.25, -0.2) is 14.5 Å². The SMILES string of the molecule is C[C@@H]1CCCN1c1nc(Nc2cn(-c3ccccn3)cn2)c2cccn2n1. The van der Waals surface area contributed by atoms with E-state index in [4.69, 9.17) is 4.98 Å². The number of imidazole rings is 1. The molecule has 1 N–H and O–H groups in total. The maximum atomic E-state index is 4.80. The molecule has 4 aromatic rings. The Hall–Kier alpha value is -3.42. The minimum absolute atomic E-state index is 0.453. The molecule has 8 heteroatoms. The van der Waals surface area contributed by atoms with Gasteiger partial charge in [0.1, 0.15) is 23.5 Å². The second-order valence-corrected chi connectivity index (χ2v) is 6.76. The Labute approximate surface area is 156 Å². The van der Waals surface area contributed by atoms with Crippen molar-refractivity contribution in [1.82, 2.24) is 29.1 Å². The summed E-state index contributed by atoms with van der Waals surface area (Å²) < 4.78 is 3.74. The second-order valence-electron chi connectivity index (χ2n) is 6.76. The van der Waals surface area contributed by atoms with Crippen LogP contribution in [-0.4, -0.2) is 41.7 Å². The minimum atomic E-state index is 0.453. The first-order valence-electron chi connectivity index (χ1n) is 9.12. The molecule has 0 aromatic carbocycles. The number of pyridine rings is 1. The lowest BCUT2D eigenvalue weighted by atomic mass is 10.2. The summed E-state index contributed by atoms with van der Waals surface area (Å²) in [5.74, 6) is 3.02. The van der Waals surface area contributed by atoms with Gasteiger partial charge in [0.05, 0.1) is 6.20 Å². The molecule has 1 atom stereocenters. The smallest absolute Gasteiger partial charge is 0.245 e. The summed E-state index contributed by atoms with van der Waals surface area (Å²) in [6.45, 7) is 3.21. The van der Waals surface area contributed by atoms with E-state index < -0.39 is 0 Å². The Morgan fingerprint density at radius 2 is 2.11 bits per heavy atom. The van der Waals surface area contributed by atoms with E-state index in [1.54, 1.807) is 12.5 Å². The first-order valence-corrected chi connectivity index (χ1v) is 9.12. The van der Waals surface area contributed by atoms with Crippen LogP contribution in [0.15, 0.2) is 55.2 Å². The summed E-state index contributed by atoms with van der Waals surface area (Å²) in [7, 11) is 0. The Kier molecular flexibility index (Phi) is 3.74. The van der Waals surface area contributed by atoms with Gasteiger partial charge in [-0.1, -0.05) is 6.07 Å². The van der Waals surface area contributed by atoms with Crippen LogP contribution in [-0.2, 0) is 0 Å². The van der Waals surface area contributed by atoms with Crippen molar-refractivity contribution in [3.8, 4) is 5.82 Å². The first-order chi connectivity index (χ1) is 13.3. The predicted octanol–water partition coefficient (Wildman–Crippen LogP) is 3.04. The molecular weight excluding hydrogens is 340 g/mol.